The molecule has 2 aromatic heterocycles. The fourth-order valence-electron chi connectivity index (χ4n) is 4.04. The van der Waals surface area contributed by atoms with Crippen LogP contribution in [0.5, 0.6) is 5.75 Å². The number of allylic oxidation sites excluding steroid dienone is 1. The van der Waals surface area contributed by atoms with Crippen LogP contribution in [-0.4, -0.2) is 17.6 Å². The van der Waals surface area contributed by atoms with Crippen LogP contribution in [0.3, 0.4) is 0 Å². The zero-order chi connectivity index (χ0) is 26.1. The Kier molecular flexibility index (Phi) is 6.82. The highest BCUT2D eigenvalue weighted by molar-refractivity contribution is 7.07. The summed E-state index contributed by atoms with van der Waals surface area (Å²) in [5.74, 6) is 0.281. The number of halogens is 2. The highest BCUT2D eigenvalue weighted by Crippen LogP contribution is 2.30. The number of rotatable bonds is 6. The lowest BCUT2D eigenvalue weighted by molar-refractivity contribution is -0.136. The fraction of sp³-hybridized carbons (Fsp3) is 0.148. The van der Waals surface area contributed by atoms with Crippen molar-refractivity contribution in [1.82, 2.24) is 4.57 Å². The second-order valence-corrected chi connectivity index (χ2v) is 9.57. The van der Waals surface area contributed by atoms with E-state index in [9.17, 15) is 14.0 Å². The van der Waals surface area contributed by atoms with Gasteiger partial charge in [0.25, 0.3) is 5.56 Å². The molecule has 2 aromatic carbocycles. The molecule has 37 heavy (non-hydrogen) atoms. The molecule has 0 fully saturated rings. The quantitative estimate of drug-likeness (QED) is 0.340. The molecule has 0 saturated heterocycles. The molecule has 1 atom stereocenters. The van der Waals surface area contributed by atoms with E-state index in [0.29, 0.717) is 37.9 Å². The van der Waals surface area contributed by atoms with Gasteiger partial charge in [0.2, 0.25) is 0 Å². The lowest BCUT2D eigenvalue weighted by atomic mass is 9.96. The number of benzene rings is 2. The summed E-state index contributed by atoms with van der Waals surface area (Å²) in [5, 5.41) is -0.0348. The van der Waals surface area contributed by atoms with Crippen molar-refractivity contribution in [3.05, 3.63) is 120 Å². The van der Waals surface area contributed by atoms with Crippen LogP contribution < -0.4 is 19.6 Å². The average molecular weight is 539 g/mol. The standard InChI is InChI=1S/C27H20ClFN2O5S/c1-15-23(26(33)34-2)24(16-6-4-3-5-7-16)31-25(32)22(37-27(31)30-15)13-18-8-9-19(36-18)14-35-17-10-11-21(29)20(28)12-17/h3-13,24H,14H2,1-2H3/b22-13+/t24-/m1/s1. The van der Waals surface area contributed by atoms with Gasteiger partial charge in [0.1, 0.15) is 29.7 Å². The van der Waals surface area contributed by atoms with E-state index in [-0.39, 0.29) is 17.2 Å². The summed E-state index contributed by atoms with van der Waals surface area (Å²) in [7, 11) is 1.30. The SMILES string of the molecule is COC(=O)C1=C(C)N=c2s/c(=C/c3ccc(COc4ccc(F)c(Cl)c4)o3)c(=O)n2[C@@H]1c1ccccc1. The number of aromatic nitrogens is 1. The minimum Gasteiger partial charge on any atom is -0.486 e. The van der Waals surface area contributed by atoms with Crippen molar-refractivity contribution in [3.63, 3.8) is 0 Å². The van der Waals surface area contributed by atoms with Gasteiger partial charge in [-0.15, -0.1) is 0 Å². The third-order valence-electron chi connectivity index (χ3n) is 5.77. The molecule has 4 aromatic rings. The van der Waals surface area contributed by atoms with E-state index in [1.54, 1.807) is 25.1 Å². The molecule has 1 aliphatic heterocycles. The van der Waals surface area contributed by atoms with Gasteiger partial charge in [-0.1, -0.05) is 53.3 Å². The molecular formula is C27H20ClFN2O5S. The predicted molar refractivity (Wildman–Crippen MR) is 137 cm³/mol. The Labute approximate surface area is 219 Å². The van der Waals surface area contributed by atoms with E-state index in [2.05, 4.69) is 4.99 Å². The molecule has 0 bridgehead atoms. The number of furan rings is 1. The Morgan fingerprint density at radius 2 is 2.00 bits per heavy atom. The van der Waals surface area contributed by atoms with Gasteiger partial charge >= 0.3 is 5.97 Å². The minimum absolute atomic E-state index is 0.0348. The van der Waals surface area contributed by atoms with Crippen LogP contribution in [0.2, 0.25) is 5.02 Å². The average Bonchev–Trinajstić information content (AvgIpc) is 3.47. The van der Waals surface area contributed by atoms with Crippen molar-refractivity contribution in [2.24, 2.45) is 4.99 Å². The smallest absolute Gasteiger partial charge is 0.338 e. The summed E-state index contributed by atoms with van der Waals surface area (Å²) in [6.07, 6.45) is 1.63. The number of hydrogen-bond donors (Lipinski definition) is 0. The molecule has 0 saturated carbocycles. The van der Waals surface area contributed by atoms with Gasteiger partial charge in [0.05, 0.1) is 34.0 Å². The zero-order valence-corrected chi connectivity index (χ0v) is 21.3. The molecule has 3 heterocycles. The molecule has 0 unspecified atom stereocenters. The molecule has 188 valence electrons. The van der Waals surface area contributed by atoms with Gasteiger partial charge in [-0.2, -0.15) is 0 Å². The molecule has 0 spiro atoms. The normalized spacial score (nSPS) is 15.4. The fourth-order valence-corrected chi connectivity index (χ4v) is 5.24. The number of esters is 1. The number of carbonyl (C=O) groups is 1. The van der Waals surface area contributed by atoms with Gasteiger partial charge < -0.3 is 13.9 Å². The van der Waals surface area contributed by atoms with E-state index in [0.717, 1.165) is 5.56 Å². The number of nitrogens with zero attached hydrogens (tertiary/aromatic N) is 2. The number of carbonyl (C=O) groups excluding carboxylic acids is 1. The molecule has 0 aliphatic carbocycles. The molecule has 10 heteroatoms. The maximum atomic E-state index is 13.5. The Hall–Kier alpha value is -3.95. The Morgan fingerprint density at radius 3 is 2.73 bits per heavy atom. The number of hydrogen-bond acceptors (Lipinski definition) is 7. The number of methoxy groups -OCH3 is 1. The van der Waals surface area contributed by atoms with Gasteiger partial charge in [0.15, 0.2) is 4.80 Å². The first-order valence-corrected chi connectivity index (χ1v) is 12.4. The summed E-state index contributed by atoms with van der Waals surface area (Å²) in [6.45, 7) is 1.82. The number of ether oxygens (including phenoxy) is 2. The number of thiazole rings is 1. The van der Waals surface area contributed by atoms with Crippen molar-refractivity contribution >= 4 is 35.0 Å². The molecule has 0 N–H and O–H groups in total. The maximum Gasteiger partial charge on any atom is 0.338 e. The second-order valence-electron chi connectivity index (χ2n) is 8.15. The number of fused-ring (bicyclic) bond motifs is 1. The van der Waals surface area contributed by atoms with Crippen molar-refractivity contribution in [1.29, 1.82) is 0 Å². The van der Waals surface area contributed by atoms with Crippen molar-refractivity contribution in [3.8, 4) is 5.75 Å². The van der Waals surface area contributed by atoms with Crippen LogP contribution in [0.15, 0.2) is 86.1 Å². The summed E-state index contributed by atoms with van der Waals surface area (Å²) in [6, 6.07) is 16.1. The largest absolute Gasteiger partial charge is 0.486 e. The molecule has 0 amide bonds. The topological polar surface area (TPSA) is 83.0 Å². The molecular weight excluding hydrogens is 519 g/mol. The van der Waals surface area contributed by atoms with Gasteiger partial charge in [0, 0.05) is 12.1 Å². The Morgan fingerprint density at radius 1 is 1.22 bits per heavy atom. The van der Waals surface area contributed by atoms with Crippen LogP contribution >= 0.6 is 22.9 Å². The summed E-state index contributed by atoms with van der Waals surface area (Å²) >= 11 is 6.99. The molecule has 0 radical (unpaired) electrons. The third-order valence-corrected chi connectivity index (χ3v) is 7.04. The second kappa shape index (κ2) is 10.2. The molecule has 5 rings (SSSR count). The van der Waals surface area contributed by atoms with Crippen LogP contribution in [0, 0.1) is 5.82 Å². The van der Waals surface area contributed by atoms with Crippen molar-refractivity contribution < 1.29 is 23.1 Å². The Balaban J connectivity index is 1.49. The van der Waals surface area contributed by atoms with E-state index < -0.39 is 17.8 Å². The third kappa shape index (κ3) is 4.87. The van der Waals surface area contributed by atoms with Crippen molar-refractivity contribution in [2.45, 2.75) is 19.6 Å². The first-order valence-electron chi connectivity index (χ1n) is 11.2. The van der Waals surface area contributed by atoms with Crippen LogP contribution in [0.4, 0.5) is 4.39 Å². The lowest BCUT2D eigenvalue weighted by Gasteiger charge is -2.24. The minimum atomic E-state index is -0.671. The van der Waals surface area contributed by atoms with Crippen LogP contribution in [0.25, 0.3) is 6.08 Å². The van der Waals surface area contributed by atoms with E-state index in [4.69, 9.17) is 25.5 Å². The van der Waals surface area contributed by atoms with E-state index >= 15 is 0 Å². The van der Waals surface area contributed by atoms with Crippen LogP contribution in [0.1, 0.15) is 30.0 Å². The van der Waals surface area contributed by atoms with E-state index in [1.807, 2.05) is 30.3 Å². The maximum absolute atomic E-state index is 13.5. The first-order chi connectivity index (χ1) is 17.9. The monoisotopic (exact) mass is 538 g/mol. The van der Waals surface area contributed by atoms with E-state index in [1.165, 1.54) is 41.2 Å². The van der Waals surface area contributed by atoms with Crippen LogP contribution in [-0.2, 0) is 16.1 Å². The molecule has 7 nitrogen and oxygen atoms in total. The summed E-state index contributed by atoms with van der Waals surface area (Å²) in [4.78, 5) is 31.2. The lowest BCUT2D eigenvalue weighted by Crippen LogP contribution is -2.39. The van der Waals surface area contributed by atoms with Gasteiger partial charge in [-0.05, 0) is 36.8 Å². The Bertz CT molecular complexity index is 1700. The zero-order valence-electron chi connectivity index (χ0n) is 19.7. The predicted octanol–water partition coefficient (Wildman–Crippen LogP) is 4.37. The highest BCUT2D eigenvalue weighted by atomic mass is 35.5. The molecule has 1 aliphatic rings. The first kappa shape index (κ1) is 24.7. The highest BCUT2D eigenvalue weighted by Gasteiger charge is 2.32. The van der Waals surface area contributed by atoms with Gasteiger partial charge in [-0.25, -0.2) is 14.2 Å². The summed E-state index contributed by atoms with van der Waals surface area (Å²) in [5.41, 5.74) is 1.27. The van der Waals surface area contributed by atoms with Crippen molar-refractivity contribution in [2.75, 3.05) is 7.11 Å². The van der Waals surface area contributed by atoms with Gasteiger partial charge in [-0.3, -0.25) is 9.36 Å². The summed E-state index contributed by atoms with van der Waals surface area (Å²) < 4.78 is 31.7.